The fraction of sp³-hybridized carbons (Fsp3) is 0.321. The number of carboxylic acids is 1. The minimum absolute atomic E-state index is 0.0890. The van der Waals surface area contributed by atoms with Crippen molar-refractivity contribution >= 4 is 5.97 Å². The Balaban J connectivity index is 2.20. The highest BCUT2D eigenvalue weighted by Gasteiger charge is 2.43. The van der Waals surface area contributed by atoms with Crippen LogP contribution in [0.5, 0.6) is 0 Å². The number of carboxylic acid groups (broad SMARTS) is 1. The molecule has 0 saturated carbocycles. The summed E-state index contributed by atoms with van der Waals surface area (Å²) >= 11 is 0. The van der Waals surface area contributed by atoms with Crippen LogP contribution in [0.1, 0.15) is 56.5 Å². The number of benzene rings is 3. The third-order valence-electron chi connectivity index (χ3n) is 6.05. The first kappa shape index (κ1) is 23.7. The molecule has 0 aromatic heterocycles. The van der Waals surface area contributed by atoms with Crippen molar-refractivity contribution in [2.45, 2.75) is 46.3 Å². The van der Waals surface area contributed by atoms with E-state index >= 15 is 0 Å². The van der Waals surface area contributed by atoms with Gasteiger partial charge in [0.25, 0.3) is 0 Å². The predicted molar refractivity (Wildman–Crippen MR) is 127 cm³/mol. The maximum absolute atomic E-state index is 14.3. The SMILES string of the molecule is C[C@H](c1ccccc1)N(Cc1ccccc1)[C@H](c1cccc(F)c1)C(C(=O)O)C(C)(C)C. The smallest absolute Gasteiger partial charge is 0.308 e. The van der Waals surface area contributed by atoms with E-state index in [9.17, 15) is 14.3 Å². The minimum Gasteiger partial charge on any atom is -0.481 e. The Labute approximate surface area is 190 Å². The Morgan fingerprint density at radius 3 is 2.00 bits per heavy atom. The number of carbonyl (C=O) groups is 1. The van der Waals surface area contributed by atoms with Crippen LogP contribution in [0.25, 0.3) is 0 Å². The summed E-state index contributed by atoms with van der Waals surface area (Å²) in [4.78, 5) is 14.8. The van der Waals surface area contributed by atoms with E-state index in [2.05, 4.69) is 24.0 Å². The molecule has 4 heteroatoms. The Morgan fingerprint density at radius 2 is 1.47 bits per heavy atom. The van der Waals surface area contributed by atoms with E-state index in [-0.39, 0.29) is 11.9 Å². The van der Waals surface area contributed by atoms with Gasteiger partial charge < -0.3 is 5.11 Å². The Morgan fingerprint density at radius 1 is 0.906 bits per heavy atom. The monoisotopic (exact) mass is 433 g/mol. The van der Waals surface area contributed by atoms with Crippen LogP contribution in [0.15, 0.2) is 84.9 Å². The Hall–Kier alpha value is -2.98. The quantitative estimate of drug-likeness (QED) is 0.421. The van der Waals surface area contributed by atoms with Crippen LogP contribution in [0, 0.1) is 17.2 Å². The van der Waals surface area contributed by atoms with Crippen molar-refractivity contribution in [2.75, 3.05) is 0 Å². The van der Waals surface area contributed by atoms with Crippen LogP contribution < -0.4 is 0 Å². The van der Waals surface area contributed by atoms with Gasteiger partial charge in [-0.3, -0.25) is 9.69 Å². The van der Waals surface area contributed by atoms with Crippen molar-refractivity contribution in [3.8, 4) is 0 Å². The average Bonchev–Trinajstić information content (AvgIpc) is 2.75. The summed E-state index contributed by atoms with van der Waals surface area (Å²) in [5.41, 5.74) is 2.29. The summed E-state index contributed by atoms with van der Waals surface area (Å²) < 4.78 is 14.3. The zero-order valence-corrected chi connectivity index (χ0v) is 19.2. The molecule has 0 radical (unpaired) electrons. The molecular weight excluding hydrogens is 401 g/mol. The maximum Gasteiger partial charge on any atom is 0.308 e. The molecule has 3 rings (SSSR count). The Kier molecular flexibility index (Phi) is 7.47. The van der Waals surface area contributed by atoms with Gasteiger partial charge in [-0.25, -0.2) is 4.39 Å². The largest absolute Gasteiger partial charge is 0.481 e. The lowest BCUT2D eigenvalue weighted by atomic mass is 9.73. The number of nitrogens with zero attached hydrogens (tertiary/aromatic N) is 1. The lowest BCUT2D eigenvalue weighted by molar-refractivity contribution is -0.150. The first-order valence-electron chi connectivity index (χ1n) is 11.0. The van der Waals surface area contributed by atoms with Gasteiger partial charge in [0.1, 0.15) is 5.82 Å². The molecule has 1 unspecified atom stereocenters. The normalized spacial score (nSPS) is 14.7. The molecule has 3 aromatic rings. The van der Waals surface area contributed by atoms with Gasteiger partial charge >= 0.3 is 5.97 Å². The van der Waals surface area contributed by atoms with Crippen molar-refractivity contribution in [3.63, 3.8) is 0 Å². The molecule has 0 bridgehead atoms. The van der Waals surface area contributed by atoms with Gasteiger partial charge in [0.2, 0.25) is 0 Å². The number of hydrogen-bond acceptors (Lipinski definition) is 2. The fourth-order valence-corrected chi connectivity index (χ4v) is 4.44. The van der Waals surface area contributed by atoms with Crippen molar-refractivity contribution in [2.24, 2.45) is 11.3 Å². The van der Waals surface area contributed by atoms with Crippen LogP contribution in [0.4, 0.5) is 4.39 Å². The standard InChI is InChI=1S/C28H32FNO2/c1-20(22-14-9-6-10-15-22)30(19-21-12-7-5-8-13-21)26(23-16-11-17-24(29)18-23)25(27(31)32)28(2,3)4/h5-18,20,25-26H,19H2,1-4H3,(H,31,32)/t20-,25?,26-/m1/s1. The van der Waals surface area contributed by atoms with E-state index < -0.39 is 23.3 Å². The van der Waals surface area contributed by atoms with Crippen LogP contribution in [0.2, 0.25) is 0 Å². The second-order valence-electron chi connectivity index (χ2n) is 9.43. The van der Waals surface area contributed by atoms with Gasteiger partial charge in [0, 0.05) is 18.6 Å². The molecule has 0 heterocycles. The van der Waals surface area contributed by atoms with E-state index in [1.165, 1.54) is 12.1 Å². The fourth-order valence-electron chi connectivity index (χ4n) is 4.44. The average molecular weight is 434 g/mol. The molecule has 0 aliphatic carbocycles. The molecule has 3 atom stereocenters. The van der Waals surface area contributed by atoms with Crippen molar-refractivity contribution in [1.29, 1.82) is 0 Å². The molecule has 3 aromatic carbocycles. The highest BCUT2D eigenvalue weighted by atomic mass is 19.1. The number of halogens is 1. The second-order valence-corrected chi connectivity index (χ2v) is 9.43. The highest BCUT2D eigenvalue weighted by molar-refractivity contribution is 5.72. The van der Waals surface area contributed by atoms with E-state index in [1.807, 2.05) is 75.4 Å². The van der Waals surface area contributed by atoms with Gasteiger partial charge in [-0.05, 0) is 41.2 Å². The van der Waals surface area contributed by atoms with Crippen LogP contribution in [0.3, 0.4) is 0 Å². The van der Waals surface area contributed by atoms with Crippen LogP contribution >= 0.6 is 0 Å². The van der Waals surface area contributed by atoms with E-state index in [0.29, 0.717) is 12.1 Å². The molecule has 1 N–H and O–H groups in total. The topological polar surface area (TPSA) is 40.5 Å². The molecular formula is C28H32FNO2. The van der Waals surface area contributed by atoms with E-state index in [1.54, 1.807) is 6.07 Å². The number of rotatable bonds is 8. The van der Waals surface area contributed by atoms with Gasteiger partial charge in [0.05, 0.1) is 5.92 Å². The Bertz CT molecular complexity index is 1010. The molecule has 0 saturated heterocycles. The van der Waals surface area contributed by atoms with E-state index in [0.717, 1.165) is 11.1 Å². The first-order valence-corrected chi connectivity index (χ1v) is 11.0. The van der Waals surface area contributed by atoms with E-state index in [4.69, 9.17) is 0 Å². The molecule has 0 spiro atoms. The van der Waals surface area contributed by atoms with Crippen molar-refractivity contribution < 1.29 is 14.3 Å². The zero-order chi connectivity index (χ0) is 23.3. The predicted octanol–water partition coefficient (Wildman–Crippen LogP) is 6.88. The molecule has 0 aliphatic heterocycles. The lowest BCUT2D eigenvalue weighted by Crippen LogP contribution is -2.43. The summed E-state index contributed by atoms with van der Waals surface area (Å²) in [6.45, 7) is 8.44. The third kappa shape index (κ3) is 5.63. The second kappa shape index (κ2) is 10.1. The summed E-state index contributed by atoms with van der Waals surface area (Å²) in [6.07, 6.45) is 0. The summed E-state index contributed by atoms with van der Waals surface area (Å²) in [6, 6.07) is 25.8. The van der Waals surface area contributed by atoms with Crippen molar-refractivity contribution in [1.82, 2.24) is 4.90 Å². The molecule has 3 nitrogen and oxygen atoms in total. The summed E-state index contributed by atoms with van der Waals surface area (Å²) in [7, 11) is 0. The lowest BCUT2D eigenvalue weighted by Gasteiger charge is -2.44. The molecule has 32 heavy (non-hydrogen) atoms. The number of aliphatic carboxylic acids is 1. The summed E-state index contributed by atoms with van der Waals surface area (Å²) in [5, 5.41) is 10.4. The zero-order valence-electron chi connectivity index (χ0n) is 19.2. The van der Waals surface area contributed by atoms with Crippen LogP contribution in [-0.4, -0.2) is 16.0 Å². The van der Waals surface area contributed by atoms with Gasteiger partial charge in [-0.15, -0.1) is 0 Å². The van der Waals surface area contributed by atoms with Gasteiger partial charge in [0.15, 0.2) is 0 Å². The summed E-state index contributed by atoms with van der Waals surface area (Å²) in [5.74, 6) is -2.00. The van der Waals surface area contributed by atoms with Crippen LogP contribution in [-0.2, 0) is 11.3 Å². The highest BCUT2D eigenvalue weighted by Crippen LogP contribution is 2.44. The van der Waals surface area contributed by atoms with Gasteiger partial charge in [-0.1, -0.05) is 93.6 Å². The molecule has 0 amide bonds. The maximum atomic E-state index is 14.3. The molecule has 0 fully saturated rings. The number of hydrogen-bond donors (Lipinski definition) is 1. The molecule has 168 valence electrons. The molecule has 0 aliphatic rings. The first-order chi connectivity index (χ1) is 15.2. The minimum atomic E-state index is -0.884. The third-order valence-corrected chi connectivity index (χ3v) is 6.05. The van der Waals surface area contributed by atoms with Gasteiger partial charge in [-0.2, -0.15) is 0 Å². The van der Waals surface area contributed by atoms with Crippen molar-refractivity contribution in [3.05, 3.63) is 107 Å².